The van der Waals surface area contributed by atoms with Crippen LogP contribution in [-0.4, -0.2) is 29.0 Å². The van der Waals surface area contributed by atoms with Crippen LogP contribution in [0.5, 0.6) is 0 Å². The highest BCUT2D eigenvalue weighted by Gasteiger charge is 2.29. The Labute approximate surface area is 177 Å². The van der Waals surface area contributed by atoms with Gasteiger partial charge in [0.15, 0.2) is 0 Å². The number of anilines is 2. The lowest BCUT2D eigenvalue weighted by atomic mass is 9.96. The molecule has 1 N–H and O–H groups in total. The number of nitrogens with one attached hydrogen (secondary N) is 1. The Kier molecular flexibility index (Phi) is 5.50. The molecule has 0 bridgehead atoms. The molecule has 1 aliphatic rings. The first-order valence-corrected chi connectivity index (χ1v) is 10.7. The molecule has 1 fully saturated rings. The Morgan fingerprint density at radius 2 is 1.90 bits per heavy atom. The zero-order valence-electron chi connectivity index (χ0n) is 18.5. The van der Waals surface area contributed by atoms with E-state index in [2.05, 4.69) is 41.2 Å². The Balaban J connectivity index is 1.53. The quantitative estimate of drug-likeness (QED) is 0.651. The van der Waals surface area contributed by atoms with Gasteiger partial charge in [-0.2, -0.15) is 4.98 Å². The summed E-state index contributed by atoms with van der Waals surface area (Å²) in [4.78, 5) is 24.4. The second-order valence-corrected chi connectivity index (χ2v) is 8.61. The number of hydrogen-bond donors (Lipinski definition) is 1. The fourth-order valence-electron chi connectivity index (χ4n) is 4.14. The highest BCUT2D eigenvalue weighted by atomic mass is 16.3. The van der Waals surface area contributed by atoms with Gasteiger partial charge in [-0.25, -0.2) is 4.98 Å². The molecule has 0 saturated carbocycles. The summed E-state index contributed by atoms with van der Waals surface area (Å²) in [5.41, 5.74) is 3.81. The maximum Gasteiger partial charge on any atom is 0.231 e. The van der Waals surface area contributed by atoms with Crippen molar-refractivity contribution in [3.05, 3.63) is 47.0 Å². The van der Waals surface area contributed by atoms with Crippen LogP contribution in [0.1, 0.15) is 55.3 Å². The third-order valence-corrected chi connectivity index (χ3v) is 6.06. The van der Waals surface area contributed by atoms with Gasteiger partial charge in [0.1, 0.15) is 17.4 Å². The van der Waals surface area contributed by atoms with Crippen molar-refractivity contribution in [3.63, 3.8) is 0 Å². The lowest BCUT2D eigenvalue weighted by Crippen LogP contribution is -2.41. The fourth-order valence-corrected chi connectivity index (χ4v) is 4.14. The van der Waals surface area contributed by atoms with Crippen molar-refractivity contribution in [1.82, 2.24) is 9.97 Å². The summed E-state index contributed by atoms with van der Waals surface area (Å²) < 4.78 is 5.83. The SMILES string of the molecule is Cc1nc(N2CCC[C@H](C(=O)Nc3ccc(C(C)C)cc3)C2)c2c(C)c(C)oc2n1. The summed E-state index contributed by atoms with van der Waals surface area (Å²) in [6.07, 6.45) is 1.83. The highest BCUT2D eigenvalue weighted by molar-refractivity contribution is 5.94. The first-order valence-electron chi connectivity index (χ1n) is 10.7. The molecule has 0 spiro atoms. The lowest BCUT2D eigenvalue weighted by molar-refractivity contribution is -0.120. The van der Waals surface area contributed by atoms with Gasteiger partial charge in [-0.3, -0.25) is 4.79 Å². The van der Waals surface area contributed by atoms with E-state index >= 15 is 0 Å². The number of amides is 1. The third kappa shape index (κ3) is 3.91. The van der Waals surface area contributed by atoms with Gasteiger partial charge >= 0.3 is 0 Å². The molecule has 4 rings (SSSR count). The summed E-state index contributed by atoms with van der Waals surface area (Å²) in [7, 11) is 0. The van der Waals surface area contributed by atoms with Gasteiger partial charge in [-0.05, 0) is 57.2 Å². The highest BCUT2D eigenvalue weighted by Crippen LogP contribution is 2.33. The first kappa shape index (κ1) is 20.4. The van der Waals surface area contributed by atoms with Crippen molar-refractivity contribution in [3.8, 4) is 0 Å². The summed E-state index contributed by atoms with van der Waals surface area (Å²) in [6, 6.07) is 8.14. The molecule has 6 nitrogen and oxygen atoms in total. The molecule has 158 valence electrons. The normalized spacial score (nSPS) is 17.0. The van der Waals surface area contributed by atoms with Crippen molar-refractivity contribution in [2.24, 2.45) is 5.92 Å². The van der Waals surface area contributed by atoms with Gasteiger partial charge in [-0.15, -0.1) is 0 Å². The minimum atomic E-state index is -0.0813. The maximum absolute atomic E-state index is 13.0. The zero-order valence-corrected chi connectivity index (χ0v) is 18.5. The number of nitrogens with zero attached hydrogens (tertiary/aromatic N) is 3. The fraction of sp³-hybridized carbons (Fsp3) is 0.458. The van der Waals surface area contributed by atoms with Gasteiger partial charge in [0, 0.05) is 24.3 Å². The molecular weight excluding hydrogens is 376 g/mol. The molecular formula is C24H30N4O2. The van der Waals surface area contributed by atoms with Crippen LogP contribution in [0.15, 0.2) is 28.7 Å². The minimum absolute atomic E-state index is 0.0686. The topological polar surface area (TPSA) is 71.3 Å². The van der Waals surface area contributed by atoms with E-state index in [0.29, 0.717) is 24.0 Å². The number of carbonyl (C=O) groups is 1. The van der Waals surface area contributed by atoms with Crippen LogP contribution in [0.2, 0.25) is 0 Å². The van der Waals surface area contributed by atoms with E-state index in [0.717, 1.165) is 47.6 Å². The molecule has 1 aromatic carbocycles. The van der Waals surface area contributed by atoms with Crippen LogP contribution in [0.25, 0.3) is 11.1 Å². The molecule has 0 unspecified atom stereocenters. The average molecular weight is 407 g/mol. The number of benzene rings is 1. The van der Waals surface area contributed by atoms with E-state index in [1.165, 1.54) is 5.56 Å². The van der Waals surface area contributed by atoms with Crippen LogP contribution < -0.4 is 10.2 Å². The molecule has 0 aliphatic carbocycles. The standard InChI is InChI=1S/C24H30N4O2/c1-14(2)18-8-10-20(11-9-18)27-23(29)19-7-6-12-28(13-19)22-21-15(3)16(4)30-24(21)26-17(5)25-22/h8-11,14,19H,6-7,12-13H2,1-5H3,(H,27,29)/t19-/m0/s1. The monoisotopic (exact) mass is 406 g/mol. The Morgan fingerprint density at radius 1 is 1.17 bits per heavy atom. The summed E-state index contributed by atoms with van der Waals surface area (Å²) >= 11 is 0. The smallest absolute Gasteiger partial charge is 0.231 e. The van der Waals surface area contributed by atoms with Crippen molar-refractivity contribution in [2.75, 3.05) is 23.3 Å². The molecule has 1 atom stereocenters. The second-order valence-electron chi connectivity index (χ2n) is 8.61. The maximum atomic E-state index is 13.0. The summed E-state index contributed by atoms with van der Waals surface area (Å²) in [6.45, 7) is 11.7. The predicted octanol–water partition coefficient (Wildman–Crippen LogP) is 5.13. The number of fused-ring (bicyclic) bond motifs is 1. The second kappa shape index (κ2) is 8.09. The molecule has 1 aliphatic heterocycles. The third-order valence-electron chi connectivity index (χ3n) is 6.06. The van der Waals surface area contributed by atoms with E-state index in [4.69, 9.17) is 9.40 Å². The van der Waals surface area contributed by atoms with Gasteiger partial charge in [0.2, 0.25) is 11.6 Å². The van der Waals surface area contributed by atoms with Crippen LogP contribution in [0, 0.1) is 26.7 Å². The number of aryl methyl sites for hydroxylation is 3. The summed E-state index contributed by atoms with van der Waals surface area (Å²) in [5.74, 6) is 2.89. The number of piperidine rings is 1. The number of hydrogen-bond acceptors (Lipinski definition) is 5. The van der Waals surface area contributed by atoms with Crippen LogP contribution in [0.3, 0.4) is 0 Å². The molecule has 0 radical (unpaired) electrons. The van der Waals surface area contributed by atoms with Gasteiger partial charge in [-0.1, -0.05) is 26.0 Å². The van der Waals surface area contributed by atoms with Crippen molar-refractivity contribution < 1.29 is 9.21 Å². The zero-order chi connectivity index (χ0) is 21.4. The largest absolute Gasteiger partial charge is 0.443 e. The molecule has 3 aromatic rings. The van der Waals surface area contributed by atoms with Crippen LogP contribution >= 0.6 is 0 Å². The minimum Gasteiger partial charge on any atom is -0.443 e. The van der Waals surface area contributed by atoms with E-state index < -0.39 is 0 Å². The Morgan fingerprint density at radius 3 is 2.60 bits per heavy atom. The van der Waals surface area contributed by atoms with E-state index in [9.17, 15) is 4.79 Å². The van der Waals surface area contributed by atoms with Crippen molar-refractivity contribution in [1.29, 1.82) is 0 Å². The average Bonchev–Trinajstić information content (AvgIpc) is 3.01. The Bertz CT molecular complexity index is 1070. The first-order chi connectivity index (χ1) is 14.3. The molecule has 2 aromatic heterocycles. The van der Waals surface area contributed by atoms with Gasteiger partial charge in [0.05, 0.1) is 11.3 Å². The molecule has 1 saturated heterocycles. The predicted molar refractivity (Wildman–Crippen MR) is 120 cm³/mol. The van der Waals surface area contributed by atoms with Crippen LogP contribution in [0.4, 0.5) is 11.5 Å². The number of aromatic nitrogens is 2. The van der Waals surface area contributed by atoms with Gasteiger partial charge < -0.3 is 14.6 Å². The van der Waals surface area contributed by atoms with Gasteiger partial charge in [0.25, 0.3) is 0 Å². The lowest BCUT2D eigenvalue weighted by Gasteiger charge is -2.33. The van der Waals surface area contributed by atoms with Crippen molar-refractivity contribution >= 4 is 28.5 Å². The number of rotatable bonds is 4. The number of furan rings is 1. The van der Waals surface area contributed by atoms with E-state index in [-0.39, 0.29) is 11.8 Å². The molecule has 3 heterocycles. The molecule has 1 amide bonds. The summed E-state index contributed by atoms with van der Waals surface area (Å²) in [5, 5.41) is 4.06. The van der Waals surface area contributed by atoms with Crippen LogP contribution in [-0.2, 0) is 4.79 Å². The Hall–Kier alpha value is -2.89. The van der Waals surface area contributed by atoms with E-state index in [1.807, 2.05) is 32.9 Å². The molecule has 30 heavy (non-hydrogen) atoms. The van der Waals surface area contributed by atoms with Crippen molar-refractivity contribution in [2.45, 2.75) is 53.4 Å². The number of carbonyl (C=O) groups excluding carboxylic acids is 1. The van der Waals surface area contributed by atoms with E-state index in [1.54, 1.807) is 0 Å². The molecule has 6 heteroatoms.